The van der Waals surface area contributed by atoms with Gasteiger partial charge in [0, 0.05) is 11.6 Å². The van der Waals surface area contributed by atoms with Gasteiger partial charge in [-0.2, -0.15) is 0 Å². The lowest BCUT2D eigenvalue weighted by molar-refractivity contribution is 0.275. The van der Waals surface area contributed by atoms with Crippen LogP contribution >= 0.6 is 0 Å². The molecule has 0 saturated heterocycles. The highest BCUT2D eigenvalue weighted by Gasteiger charge is 2.25. The van der Waals surface area contributed by atoms with Crippen LogP contribution in [0.2, 0.25) is 0 Å². The number of halogens is 1. The molecule has 17 heavy (non-hydrogen) atoms. The van der Waals surface area contributed by atoms with E-state index in [-0.39, 0.29) is 16.5 Å². The Hall–Kier alpha value is -0.980. The Morgan fingerprint density at radius 2 is 2.12 bits per heavy atom. The van der Waals surface area contributed by atoms with E-state index in [1.54, 1.807) is 0 Å². The van der Waals surface area contributed by atoms with Gasteiger partial charge in [0.2, 0.25) is 10.0 Å². The maximum atomic E-state index is 13.1. The van der Waals surface area contributed by atoms with Crippen LogP contribution in [0.5, 0.6) is 0 Å². The molecular weight excluding hydrogens is 245 g/mol. The molecule has 0 radical (unpaired) electrons. The molecule has 2 N–H and O–H groups in total. The van der Waals surface area contributed by atoms with E-state index in [2.05, 4.69) is 4.72 Å². The molecule has 1 fully saturated rings. The fraction of sp³-hybridized carbons (Fsp3) is 0.455. The second kappa shape index (κ2) is 4.72. The van der Waals surface area contributed by atoms with Crippen molar-refractivity contribution in [3.05, 3.63) is 29.6 Å². The summed E-state index contributed by atoms with van der Waals surface area (Å²) in [6, 6.07) is 3.41. The molecule has 0 heterocycles. The van der Waals surface area contributed by atoms with Gasteiger partial charge < -0.3 is 5.11 Å². The minimum absolute atomic E-state index is 0.00477. The van der Waals surface area contributed by atoms with E-state index in [4.69, 9.17) is 5.11 Å². The third kappa shape index (κ3) is 2.65. The Morgan fingerprint density at radius 3 is 2.65 bits per heavy atom. The summed E-state index contributed by atoms with van der Waals surface area (Å²) < 4.78 is 39.5. The van der Waals surface area contributed by atoms with Crippen LogP contribution in [-0.4, -0.2) is 19.6 Å². The lowest BCUT2D eigenvalue weighted by atomic mass is 9.94. The number of hydrogen-bond donors (Lipinski definition) is 2. The van der Waals surface area contributed by atoms with E-state index in [0.717, 1.165) is 31.4 Å². The smallest absolute Gasteiger partial charge is 0.240 e. The Morgan fingerprint density at radius 1 is 1.41 bits per heavy atom. The van der Waals surface area contributed by atoms with Crippen molar-refractivity contribution < 1.29 is 17.9 Å². The van der Waals surface area contributed by atoms with Gasteiger partial charge in [-0.3, -0.25) is 0 Å². The SMILES string of the molecule is O=S(=O)(NC1CCC1)c1ccc(F)c(CO)c1. The summed E-state index contributed by atoms with van der Waals surface area (Å²) in [7, 11) is -3.60. The van der Waals surface area contributed by atoms with E-state index in [1.165, 1.54) is 6.07 Å². The summed E-state index contributed by atoms with van der Waals surface area (Å²) >= 11 is 0. The van der Waals surface area contributed by atoms with Crippen LogP contribution in [0.15, 0.2) is 23.1 Å². The zero-order valence-electron chi connectivity index (χ0n) is 9.19. The van der Waals surface area contributed by atoms with Gasteiger partial charge in [0.05, 0.1) is 11.5 Å². The van der Waals surface area contributed by atoms with Crippen LogP contribution in [0.25, 0.3) is 0 Å². The van der Waals surface area contributed by atoms with Crippen molar-refractivity contribution in [3.8, 4) is 0 Å². The highest BCUT2D eigenvalue weighted by atomic mass is 32.2. The average molecular weight is 259 g/mol. The fourth-order valence-electron chi connectivity index (χ4n) is 1.65. The third-order valence-corrected chi connectivity index (χ3v) is 4.44. The van der Waals surface area contributed by atoms with Crippen LogP contribution in [0.4, 0.5) is 4.39 Å². The average Bonchev–Trinajstić information content (AvgIpc) is 2.24. The van der Waals surface area contributed by atoms with Crippen molar-refractivity contribution in [1.29, 1.82) is 0 Å². The van der Waals surface area contributed by atoms with Crippen molar-refractivity contribution in [1.82, 2.24) is 4.72 Å². The van der Waals surface area contributed by atoms with E-state index in [9.17, 15) is 12.8 Å². The Kier molecular flexibility index (Phi) is 3.46. The standard InChI is InChI=1S/C11H14FNO3S/c12-11-5-4-10(6-8(11)7-14)17(15,16)13-9-2-1-3-9/h4-6,9,13-14H,1-3,7H2. The highest BCUT2D eigenvalue weighted by Crippen LogP contribution is 2.22. The van der Waals surface area contributed by atoms with Crippen molar-refractivity contribution >= 4 is 10.0 Å². The van der Waals surface area contributed by atoms with Gasteiger partial charge >= 0.3 is 0 Å². The molecule has 0 spiro atoms. The molecule has 1 aromatic rings. The first-order valence-electron chi connectivity index (χ1n) is 5.44. The lowest BCUT2D eigenvalue weighted by Crippen LogP contribution is -2.39. The minimum atomic E-state index is -3.60. The van der Waals surface area contributed by atoms with Gasteiger partial charge in [-0.1, -0.05) is 6.42 Å². The summed E-state index contributed by atoms with van der Waals surface area (Å²) in [5.41, 5.74) is -0.0125. The zero-order valence-corrected chi connectivity index (χ0v) is 10.0. The normalized spacial score (nSPS) is 16.8. The molecule has 4 nitrogen and oxygen atoms in total. The third-order valence-electron chi connectivity index (χ3n) is 2.92. The fourth-order valence-corrected chi connectivity index (χ4v) is 3.01. The monoisotopic (exact) mass is 259 g/mol. The van der Waals surface area contributed by atoms with E-state index >= 15 is 0 Å². The number of nitrogens with one attached hydrogen (secondary N) is 1. The predicted octanol–water partition coefficient (Wildman–Crippen LogP) is 1.15. The largest absolute Gasteiger partial charge is 0.392 e. The summed E-state index contributed by atoms with van der Waals surface area (Å²) in [6.07, 6.45) is 2.71. The van der Waals surface area contributed by atoms with E-state index < -0.39 is 22.4 Å². The summed E-state index contributed by atoms with van der Waals surface area (Å²) in [4.78, 5) is -0.00477. The lowest BCUT2D eigenvalue weighted by Gasteiger charge is -2.26. The molecule has 1 saturated carbocycles. The number of benzene rings is 1. The number of aliphatic hydroxyl groups excluding tert-OH is 1. The molecule has 0 bridgehead atoms. The van der Waals surface area contributed by atoms with Crippen molar-refractivity contribution in [2.24, 2.45) is 0 Å². The van der Waals surface area contributed by atoms with Crippen LogP contribution in [0, 0.1) is 5.82 Å². The maximum absolute atomic E-state index is 13.1. The second-order valence-electron chi connectivity index (χ2n) is 4.16. The number of rotatable bonds is 4. The van der Waals surface area contributed by atoms with Gasteiger partial charge in [-0.05, 0) is 31.0 Å². The molecule has 1 aliphatic carbocycles. The predicted molar refractivity (Wildman–Crippen MR) is 60.3 cm³/mol. The summed E-state index contributed by atoms with van der Waals surface area (Å²) in [5, 5.41) is 8.89. The van der Waals surface area contributed by atoms with E-state index in [1.807, 2.05) is 0 Å². The van der Waals surface area contributed by atoms with Crippen LogP contribution in [0.3, 0.4) is 0 Å². The van der Waals surface area contributed by atoms with Crippen LogP contribution < -0.4 is 4.72 Å². The Bertz CT molecular complexity index is 511. The van der Waals surface area contributed by atoms with Crippen LogP contribution in [-0.2, 0) is 16.6 Å². The number of hydrogen-bond acceptors (Lipinski definition) is 3. The molecule has 6 heteroatoms. The minimum Gasteiger partial charge on any atom is -0.392 e. The van der Waals surface area contributed by atoms with Crippen molar-refractivity contribution in [2.75, 3.05) is 0 Å². The molecular formula is C11H14FNO3S. The maximum Gasteiger partial charge on any atom is 0.240 e. The Balaban J connectivity index is 2.25. The topological polar surface area (TPSA) is 66.4 Å². The highest BCUT2D eigenvalue weighted by molar-refractivity contribution is 7.89. The Labute approximate surface area is 99.5 Å². The van der Waals surface area contributed by atoms with Crippen LogP contribution in [0.1, 0.15) is 24.8 Å². The first-order valence-corrected chi connectivity index (χ1v) is 6.93. The quantitative estimate of drug-likeness (QED) is 0.852. The summed E-state index contributed by atoms with van der Waals surface area (Å²) in [6.45, 7) is -0.515. The van der Waals surface area contributed by atoms with Gasteiger partial charge in [-0.25, -0.2) is 17.5 Å². The first kappa shape index (κ1) is 12.5. The molecule has 1 aliphatic rings. The van der Waals surface area contributed by atoms with Gasteiger partial charge in [0.25, 0.3) is 0 Å². The molecule has 0 aromatic heterocycles. The van der Waals surface area contributed by atoms with Gasteiger partial charge in [-0.15, -0.1) is 0 Å². The number of sulfonamides is 1. The van der Waals surface area contributed by atoms with Crippen molar-refractivity contribution in [2.45, 2.75) is 36.8 Å². The van der Waals surface area contributed by atoms with E-state index in [0.29, 0.717) is 0 Å². The van der Waals surface area contributed by atoms with Gasteiger partial charge in [0.1, 0.15) is 5.82 Å². The summed E-state index contributed by atoms with van der Waals surface area (Å²) in [5.74, 6) is -0.602. The first-order chi connectivity index (χ1) is 8.03. The molecule has 2 rings (SSSR count). The second-order valence-corrected chi connectivity index (χ2v) is 5.87. The molecule has 0 aliphatic heterocycles. The molecule has 0 atom stereocenters. The van der Waals surface area contributed by atoms with Crippen molar-refractivity contribution in [3.63, 3.8) is 0 Å². The molecule has 94 valence electrons. The molecule has 0 unspecified atom stereocenters. The number of aliphatic hydroxyl groups is 1. The van der Waals surface area contributed by atoms with Gasteiger partial charge in [0.15, 0.2) is 0 Å². The molecule has 1 aromatic carbocycles. The molecule has 0 amide bonds. The zero-order chi connectivity index (χ0) is 12.5.